The highest BCUT2D eigenvalue weighted by molar-refractivity contribution is 4.84. The molecule has 0 aromatic rings. The van der Waals surface area contributed by atoms with Crippen LogP contribution in [0, 0.1) is 11.3 Å². The Morgan fingerprint density at radius 3 is 2.44 bits per heavy atom. The van der Waals surface area contributed by atoms with Crippen LogP contribution < -0.4 is 5.32 Å². The maximum Gasteiger partial charge on any atom is 0.0499 e. The second-order valence-corrected chi connectivity index (χ2v) is 5.93. The number of hydrogen-bond acceptors (Lipinski definition) is 2. The van der Waals surface area contributed by atoms with Crippen LogP contribution in [0.2, 0.25) is 0 Å². The summed E-state index contributed by atoms with van der Waals surface area (Å²) in [4.78, 5) is 0. The molecule has 0 aromatic heterocycles. The van der Waals surface area contributed by atoms with Gasteiger partial charge in [-0.3, -0.25) is 0 Å². The molecule has 2 heteroatoms. The average molecular weight is 227 g/mol. The normalized spacial score (nSPS) is 20.2. The summed E-state index contributed by atoms with van der Waals surface area (Å²) in [5.41, 5.74) is 0.204. The van der Waals surface area contributed by atoms with Gasteiger partial charge in [-0.05, 0) is 38.1 Å². The van der Waals surface area contributed by atoms with Gasteiger partial charge in [0.1, 0.15) is 0 Å². The zero-order chi connectivity index (χ0) is 11.9. The van der Waals surface area contributed by atoms with Gasteiger partial charge in [-0.25, -0.2) is 0 Å². The maximum absolute atomic E-state index is 9.55. The number of nitrogens with one attached hydrogen (secondary N) is 1. The third-order valence-electron chi connectivity index (χ3n) is 3.88. The highest BCUT2D eigenvalue weighted by Crippen LogP contribution is 2.35. The van der Waals surface area contributed by atoms with Gasteiger partial charge in [-0.2, -0.15) is 0 Å². The standard InChI is InChI=1S/C14H29NO/c1-13(2)7-6-10-15-11-14(12-16)8-4-3-5-9-14/h13,15-16H,3-12H2,1-2H3. The molecule has 1 aliphatic rings. The monoisotopic (exact) mass is 227 g/mol. The summed E-state index contributed by atoms with van der Waals surface area (Å²) in [7, 11) is 0. The summed E-state index contributed by atoms with van der Waals surface area (Å²) >= 11 is 0. The lowest BCUT2D eigenvalue weighted by Gasteiger charge is -2.35. The second kappa shape index (κ2) is 7.29. The van der Waals surface area contributed by atoms with Crippen molar-refractivity contribution >= 4 is 0 Å². The third kappa shape index (κ3) is 4.84. The van der Waals surface area contributed by atoms with Gasteiger partial charge in [-0.1, -0.05) is 33.1 Å². The summed E-state index contributed by atoms with van der Waals surface area (Å²) in [6, 6.07) is 0. The predicted octanol–water partition coefficient (Wildman–Crippen LogP) is 2.96. The summed E-state index contributed by atoms with van der Waals surface area (Å²) in [6.45, 7) is 7.04. The third-order valence-corrected chi connectivity index (χ3v) is 3.88. The van der Waals surface area contributed by atoms with Crippen molar-refractivity contribution < 1.29 is 5.11 Å². The number of aliphatic hydroxyl groups is 1. The first-order valence-electron chi connectivity index (χ1n) is 7.00. The van der Waals surface area contributed by atoms with Crippen molar-refractivity contribution in [3.8, 4) is 0 Å². The van der Waals surface area contributed by atoms with Gasteiger partial charge >= 0.3 is 0 Å². The van der Waals surface area contributed by atoms with Crippen molar-refractivity contribution in [3.05, 3.63) is 0 Å². The van der Waals surface area contributed by atoms with Crippen LogP contribution in [0.1, 0.15) is 58.8 Å². The molecule has 0 aliphatic heterocycles. The molecule has 1 saturated carbocycles. The van der Waals surface area contributed by atoms with E-state index in [9.17, 15) is 5.11 Å². The summed E-state index contributed by atoms with van der Waals surface area (Å²) in [6.07, 6.45) is 8.94. The maximum atomic E-state index is 9.55. The molecule has 96 valence electrons. The van der Waals surface area contributed by atoms with Gasteiger partial charge in [0, 0.05) is 18.6 Å². The first kappa shape index (κ1) is 14.0. The van der Waals surface area contributed by atoms with Gasteiger partial charge in [-0.15, -0.1) is 0 Å². The average Bonchev–Trinajstić information content (AvgIpc) is 2.29. The molecule has 0 unspecified atom stereocenters. The molecule has 2 nitrogen and oxygen atoms in total. The molecule has 0 radical (unpaired) electrons. The van der Waals surface area contributed by atoms with Crippen molar-refractivity contribution in [1.82, 2.24) is 5.32 Å². The lowest BCUT2D eigenvalue weighted by atomic mass is 9.74. The van der Waals surface area contributed by atoms with E-state index >= 15 is 0 Å². The molecule has 0 heterocycles. The van der Waals surface area contributed by atoms with Crippen molar-refractivity contribution in [2.45, 2.75) is 58.8 Å². The highest BCUT2D eigenvalue weighted by Gasteiger charge is 2.30. The fourth-order valence-corrected chi connectivity index (χ4v) is 2.68. The predicted molar refractivity (Wildman–Crippen MR) is 69.5 cm³/mol. The van der Waals surface area contributed by atoms with Crippen LogP contribution in [-0.4, -0.2) is 24.8 Å². The lowest BCUT2D eigenvalue weighted by Crippen LogP contribution is -2.39. The molecule has 0 atom stereocenters. The van der Waals surface area contributed by atoms with Gasteiger partial charge in [0.2, 0.25) is 0 Å². The van der Waals surface area contributed by atoms with E-state index in [1.807, 2.05) is 0 Å². The molecule has 0 spiro atoms. The second-order valence-electron chi connectivity index (χ2n) is 5.93. The number of aliphatic hydroxyl groups excluding tert-OH is 1. The molecular weight excluding hydrogens is 198 g/mol. The van der Waals surface area contributed by atoms with Gasteiger partial charge in [0.05, 0.1) is 0 Å². The highest BCUT2D eigenvalue weighted by atomic mass is 16.3. The molecule has 1 aliphatic carbocycles. The van der Waals surface area contributed by atoms with E-state index in [2.05, 4.69) is 19.2 Å². The van der Waals surface area contributed by atoms with Crippen LogP contribution in [0.5, 0.6) is 0 Å². The largest absolute Gasteiger partial charge is 0.396 e. The summed E-state index contributed by atoms with van der Waals surface area (Å²) in [5.74, 6) is 0.809. The molecule has 2 N–H and O–H groups in total. The van der Waals surface area contributed by atoms with Crippen molar-refractivity contribution in [2.75, 3.05) is 19.7 Å². The van der Waals surface area contributed by atoms with Crippen LogP contribution >= 0.6 is 0 Å². The van der Waals surface area contributed by atoms with Crippen LogP contribution in [0.4, 0.5) is 0 Å². The minimum absolute atomic E-state index is 0.204. The Kier molecular flexibility index (Phi) is 6.37. The van der Waals surface area contributed by atoms with E-state index in [1.165, 1.54) is 44.9 Å². The van der Waals surface area contributed by atoms with Crippen LogP contribution in [0.15, 0.2) is 0 Å². The fourth-order valence-electron chi connectivity index (χ4n) is 2.68. The molecule has 0 amide bonds. The minimum atomic E-state index is 0.204. The Morgan fingerprint density at radius 2 is 1.88 bits per heavy atom. The van der Waals surface area contributed by atoms with Crippen LogP contribution in [0.3, 0.4) is 0 Å². The molecule has 0 bridgehead atoms. The Morgan fingerprint density at radius 1 is 1.19 bits per heavy atom. The summed E-state index contributed by atoms with van der Waals surface area (Å²) in [5, 5.41) is 13.1. The smallest absolute Gasteiger partial charge is 0.0499 e. The fraction of sp³-hybridized carbons (Fsp3) is 1.00. The quantitative estimate of drug-likeness (QED) is 0.655. The van der Waals surface area contributed by atoms with E-state index in [-0.39, 0.29) is 5.41 Å². The molecule has 16 heavy (non-hydrogen) atoms. The van der Waals surface area contributed by atoms with Gasteiger partial charge in [0.25, 0.3) is 0 Å². The van der Waals surface area contributed by atoms with E-state index in [0.29, 0.717) is 6.61 Å². The van der Waals surface area contributed by atoms with Crippen LogP contribution in [-0.2, 0) is 0 Å². The first-order chi connectivity index (χ1) is 7.68. The molecular formula is C14H29NO. The molecule has 1 fully saturated rings. The van der Waals surface area contributed by atoms with E-state index in [1.54, 1.807) is 0 Å². The van der Waals surface area contributed by atoms with Crippen molar-refractivity contribution in [1.29, 1.82) is 0 Å². The minimum Gasteiger partial charge on any atom is -0.396 e. The van der Waals surface area contributed by atoms with E-state index < -0.39 is 0 Å². The Labute approximate surface area is 101 Å². The summed E-state index contributed by atoms with van der Waals surface area (Å²) < 4.78 is 0. The zero-order valence-corrected chi connectivity index (χ0v) is 11.1. The van der Waals surface area contributed by atoms with Crippen molar-refractivity contribution in [3.63, 3.8) is 0 Å². The van der Waals surface area contributed by atoms with Gasteiger partial charge in [0.15, 0.2) is 0 Å². The van der Waals surface area contributed by atoms with Gasteiger partial charge < -0.3 is 10.4 Å². The zero-order valence-electron chi connectivity index (χ0n) is 11.1. The molecule has 0 aromatic carbocycles. The number of rotatable bonds is 7. The molecule has 1 rings (SSSR count). The van der Waals surface area contributed by atoms with E-state index in [4.69, 9.17) is 0 Å². The first-order valence-corrected chi connectivity index (χ1v) is 7.00. The Hall–Kier alpha value is -0.0800. The Bertz CT molecular complexity index is 174. The number of hydrogen-bond donors (Lipinski definition) is 2. The Balaban J connectivity index is 2.13. The van der Waals surface area contributed by atoms with E-state index in [0.717, 1.165) is 19.0 Å². The van der Waals surface area contributed by atoms with Crippen molar-refractivity contribution in [2.24, 2.45) is 11.3 Å². The molecule has 0 saturated heterocycles. The van der Waals surface area contributed by atoms with Crippen LogP contribution in [0.25, 0.3) is 0 Å². The lowest BCUT2D eigenvalue weighted by molar-refractivity contribution is 0.0814. The SMILES string of the molecule is CC(C)CCCNCC1(CO)CCCCC1. The topological polar surface area (TPSA) is 32.3 Å².